The van der Waals surface area contributed by atoms with Gasteiger partial charge in [-0.15, -0.1) is 0 Å². The van der Waals surface area contributed by atoms with E-state index in [1.54, 1.807) is 0 Å². The van der Waals surface area contributed by atoms with Crippen LogP contribution in [0.3, 0.4) is 0 Å². The summed E-state index contributed by atoms with van der Waals surface area (Å²) in [4.78, 5) is 14.4. The number of nitrogens with one attached hydrogen (secondary N) is 1. The Morgan fingerprint density at radius 3 is 2.55 bits per heavy atom. The second-order valence-corrected chi connectivity index (χ2v) is 7.78. The Morgan fingerprint density at radius 1 is 1.10 bits per heavy atom. The molecule has 6 nitrogen and oxygen atoms in total. The van der Waals surface area contributed by atoms with E-state index >= 15 is 0 Å². The summed E-state index contributed by atoms with van der Waals surface area (Å²) in [6.07, 6.45) is 4.08. The molecule has 6 heteroatoms. The number of ether oxygens (including phenoxy) is 3. The van der Waals surface area contributed by atoms with Gasteiger partial charge in [0, 0.05) is 31.1 Å². The Balaban J connectivity index is 1.30. The predicted molar refractivity (Wildman–Crippen MR) is 111 cm³/mol. The van der Waals surface area contributed by atoms with Gasteiger partial charge in [0.05, 0.1) is 13.2 Å². The van der Waals surface area contributed by atoms with Crippen LogP contribution in [-0.2, 0) is 11.3 Å². The van der Waals surface area contributed by atoms with Gasteiger partial charge in [-0.05, 0) is 56.6 Å². The van der Waals surface area contributed by atoms with Gasteiger partial charge in [0.15, 0.2) is 11.5 Å². The normalized spacial score (nSPS) is 16.4. The highest BCUT2D eigenvalue weighted by molar-refractivity contribution is 5.92. The number of hydrogen-bond donors (Lipinski definition) is 1. The van der Waals surface area contributed by atoms with Crippen molar-refractivity contribution >= 4 is 11.6 Å². The summed E-state index contributed by atoms with van der Waals surface area (Å²) in [5, 5.41) is 2.96. The standard InChI is InChI=1S/C23H28N2O4/c1-3-27-19-9-6-17(7-10-19)15-25(2)16-22(26)24-18-8-11-20-21(14-18)29-23(28-20)12-4-5-13-23/h6-11,14H,3-5,12-13,15-16H2,1-2H3,(H,24,26). The summed E-state index contributed by atoms with van der Waals surface area (Å²) in [6, 6.07) is 13.5. The third-order valence-corrected chi connectivity index (χ3v) is 5.29. The molecule has 0 radical (unpaired) electrons. The molecule has 4 rings (SSSR count). The Bertz CT molecular complexity index is 860. The van der Waals surface area contributed by atoms with Gasteiger partial charge >= 0.3 is 0 Å². The van der Waals surface area contributed by atoms with Crippen LogP contribution >= 0.6 is 0 Å². The number of carbonyl (C=O) groups is 1. The summed E-state index contributed by atoms with van der Waals surface area (Å²) in [7, 11) is 1.93. The first kappa shape index (κ1) is 19.6. The number of likely N-dealkylation sites (N-methyl/N-ethyl adjacent to an activating group) is 1. The number of amides is 1. The van der Waals surface area contributed by atoms with Crippen LogP contribution < -0.4 is 19.5 Å². The number of carbonyl (C=O) groups excluding carboxylic acids is 1. The predicted octanol–water partition coefficient (Wildman–Crippen LogP) is 4.20. The van der Waals surface area contributed by atoms with Crippen molar-refractivity contribution in [2.45, 2.75) is 44.9 Å². The summed E-state index contributed by atoms with van der Waals surface area (Å²) >= 11 is 0. The lowest BCUT2D eigenvalue weighted by atomic mass is 10.2. The highest BCUT2D eigenvalue weighted by Crippen LogP contribution is 2.47. The summed E-state index contributed by atoms with van der Waals surface area (Å²) in [6.45, 7) is 3.60. The lowest BCUT2D eigenvalue weighted by Gasteiger charge is -2.21. The molecule has 1 aliphatic carbocycles. The molecule has 1 heterocycles. The van der Waals surface area contributed by atoms with Gasteiger partial charge in [-0.1, -0.05) is 12.1 Å². The van der Waals surface area contributed by atoms with Crippen molar-refractivity contribution in [1.29, 1.82) is 0 Å². The van der Waals surface area contributed by atoms with Gasteiger partial charge in [0.25, 0.3) is 5.79 Å². The maximum absolute atomic E-state index is 12.5. The summed E-state index contributed by atoms with van der Waals surface area (Å²) in [5.41, 5.74) is 1.86. The molecule has 1 spiro atoms. The van der Waals surface area contributed by atoms with Crippen LogP contribution in [0.5, 0.6) is 17.2 Å². The van der Waals surface area contributed by atoms with E-state index in [9.17, 15) is 4.79 Å². The topological polar surface area (TPSA) is 60.0 Å². The second-order valence-electron chi connectivity index (χ2n) is 7.78. The highest BCUT2D eigenvalue weighted by atomic mass is 16.7. The maximum Gasteiger partial charge on any atom is 0.251 e. The van der Waals surface area contributed by atoms with Gasteiger partial charge in [-0.25, -0.2) is 0 Å². The van der Waals surface area contributed by atoms with Crippen molar-refractivity contribution in [2.24, 2.45) is 0 Å². The average Bonchev–Trinajstić information content (AvgIpc) is 3.29. The van der Waals surface area contributed by atoms with Crippen molar-refractivity contribution in [2.75, 3.05) is 25.5 Å². The van der Waals surface area contributed by atoms with Crippen LogP contribution in [0.1, 0.15) is 38.2 Å². The number of rotatable bonds is 7. The average molecular weight is 396 g/mol. The van der Waals surface area contributed by atoms with E-state index in [1.165, 1.54) is 0 Å². The lowest BCUT2D eigenvalue weighted by molar-refractivity contribution is -0.117. The molecule has 0 saturated heterocycles. The van der Waals surface area contributed by atoms with Crippen molar-refractivity contribution in [3.8, 4) is 17.2 Å². The number of hydrogen-bond acceptors (Lipinski definition) is 5. The van der Waals surface area contributed by atoms with Crippen molar-refractivity contribution in [3.63, 3.8) is 0 Å². The molecule has 2 aromatic rings. The third kappa shape index (κ3) is 4.65. The van der Waals surface area contributed by atoms with Crippen molar-refractivity contribution in [1.82, 2.24) is 4.90 Å². The third-order valence-electron chi connectivity index (χ3n) is 5.29. The zero-order valence-electron chi connectivity index (χ0n) is 17.1. The van der Waals surface area contributed by atoms with E-state index < -0.39 is 5.79 Å². The van der Waals surface area contributed by atoms with Crippen LogP contribution in [0.4, 0.5) is 5.69 Å². The van der Waals surface area contributed by atoms with Crippen LogP contribution in [-0.4, -0.2) is 36.8 Å². The van der Waals surface area contributed by atoms with Crippen LogP contribution in [0, 0.1) is 0 Å². The summed E-state index contributed by atoms with van der Waals surface area (Å²) in [5.74, 6) is 1.79. The van der Waals surface area contributed by atoms with E-state index in [-0.39, 0.29) is 5.91 Å². The molecule has 2 aliphatic rings. The van der Waals surface area contributed by atoms with E-state index in [0.29, 0.717) is 25.4 Å². The van der Waals surface area contributed by atoms with Crippen LogP contribution in [0.2, 0.25) is 0 Å². The minimum Gasteiger partial charge on any atom is -0.494 e. The van der Waals surface area contributed by atoms with E-state index in [2.05, 4.69) is 5.32 Å². The lowest BCUT2D eigenvalue weighted by Crippen LogP contribution is -2.34. The Morgan fingerprint density at radius 2 is 1.83 bits per heavy atom. The largest absolute Gasteiger partial charge is 0.494 e. The van der Waals surface area contributed by atoms with Gasteiger partial charge in [0.2, 0.25) is 5.91 Å². The number of anilines is 1. The van der Waals surface area contributed by atoms with Crippen LogP contribution in [0.25, 0.3) is 0 Å². The molecule has 1 saturated carbocycles. The Kier molecular flexibility index (Phi) is 5.62. The quantitative estimate of drug-likeness (QED) is 0.760. The summed E-state index contributed by atoms with van der Waals surface area (Å²) < 4.78 is 17.6. The molecular weight excluding hydrogens is 368 g/mol. The zero-order valence-corrected chi connectivity index (χ0v) is 17.1. The number of benzene rings is 2. The van der Waals surface area contributed by atoms with Crippen molar-refractivity contribution < 1.29 is 19.0 Å². The van der Waals surface area contributed by atoms with Gasteiger partial charge in [0.1, 0.15) is 5.75 Å². The fraction of sp³-hybridized carbons (Fsp3) is 0.435. The first-order valence-electron chi connectivity index (χ1n) is 10.3. The molecule has 1 N–H and O–H groups in total. The molecule has 0 atom stereocenters. The molecule has 1 aliphatic heterocycles. The highest BCUT2D eigenvalue weighted by Gasteiger charge is 2.44. The zero-order chi connectivity index (χ0) is 20.3. The van der Waals surface area contributed by atoms with E-state index in [4.69, 9.17) is 14.2 Å². The molecule has 0 aromatic heterocycles. The molecule has 1 amide bonds. The minimum atomic E-state index is -0.483. The second kappa shape index (κ2) is 8.33. The first-order chi connectivity index (χ1) is 14.0. The fourth-order valence-electron chi connectivity index (χ4n) is 3.96. The molecule has 29 heavy (non-hydrogen) atoms. The monoisotopic (exact) mass is 396 g/mol. The SMILES string of the molecule is CCOc1ccc(CN(C)CC(=O)Nc2ccc3c(c2)OC2(CCCC2)O3)cc1. The van der Waals surface area contributed by atoms with Gasteiger partial charge in [-0.3, -0.25) is 9.69 Å². The Labute approximate surface area is 171 Å². The van der Waals surface area contributed by atoms with Gasteiger partial charge < -0.3 is 19.5 Å². The molecule has 0 bridgehead atoms. The number of nitrogens with zero attached hydrogens (tertiary/aromatic N) is 1. The smallest absolute Gasteiger partial charge is 0.251 e. The first-order valence-corrected chi connectivity index (χ1v) is 10.3. The fourth-order valence-corrected chi connectivity index (χ4v) is 3.96. The van der Waals surface area contributed by atoms with Gasteiger partial charge in [-0.2, -0.15) is 0 Å². The van der Waals surface area contributed by atoms with E-state index in [0.717, 1.165) is 48.4 Å². The minimum absolute atomic E-state index is 0.0621. The van der Waals surface area contributed by atoms with E-state index in [1.807, 2.05) is 61.3 Å². The Hall–Kier alpha value is -2.73. The molecular formula is C23H28N2O4. The molecule has 154 valence electrons. The molecule has 2 aromatic carbocycles. The van der Waals surface area contributed by atoms with Crippen molar-refractivity contribution in [3.05, 3.63) is 48.0 Å². The maximum atomic E-state index is 12.5. The number of fused-ring (bicyclic) bond motifs is 1. The molecule has 1 fully saturated rings. The molecule has 0 unspecified atom stereocenters. The van der Waals surface area contributed by atoms with Crippen LogP contribution in [0.15, 0.2) is 42.5 Å².